The lowest BCUT2D eigenvalue weighted by Crippen LogP contribution is -2.67. The van der Waals surface area contributed by atoms with Gasteiger partial charge in [-0.05, 0) is 174 Å². The molecule has 133 heavy (non-hydrogen) atoms. The number of benzene rings is 9. The second kappa shape index (κ2) is 51.2. The number of amides is 2. The minimum Gasteiger partial charge on any atom is -0.497 e. The maximum Gasteiger partial charge on any atom is 0.338 e. The van der Waals surface area contributed by atoms with Gasteiger partial charge in [-0.3, -0.25) is 9.59 Å². The fraction of sp³-hybridized carbons (Fsp3) is 0.394. The minimum absolute atomic E-state index is 0.000168. The molecule has 0 bridgehead atoms. The molecule has 13 atom stereocenters. The van der Waals surface area contributed by atoms with Crippen molar-refractivity contribution in [3.05, 3.63) is 322 Å². The SMILES string of the molecule is [C-]#[N+]CCOP(O[C@@H]1C[C@@H](COC(c2ccccc2)(c2ccc(OC)cc2)c2ccc(OC)cc2)N(C(=O)CCCCCNC(=O)CCCCCCCCOC2OC(COC(=O)c3ccccc3)C(OC3OC(COC(=O)c4ccccc4)C(OC(=O)c4ccccc4)C(OC(=O)c4ccccc4)C3OC(=O)c3ccccc3)C(OC(=O)c3ccccc3)C2O)C1)N(C(C)C)C(C)C. The first-order valence-electron chi connectivity index (χ1n) is 45.2. The monoisotopic (exact) mass is 1840 g/mol. The van der Waals surface area contributed by atoms with E-state index in [-0.39, 0.29) is 90.1 Å². The zero-order chi connectivity index (χ0) is 93.9. The maximum absolute atomic E-state index is 14.8. The van der Waals surface area contributed by atoms with Crippen molar-refractivity contribution < 1.29 is 114 Å². The second-order valence-electron chi connectivity index (χ2n) is 33.0. The molecule has 9 aromatic rings. The van der Waals surface area contributed by atoms with Crippen LogP contribution in [0.1, 0.15) is 184 Å². The Kier molecular flexibility index (Phi) is 38.5. The summed E-state index contributed by atoms with van der Waals surface area (Å²) in [6.07, 6.45) is -11.5. The number of esters is 6. The summed E-state index contributed by atoms with van der Waals surface area (Å²) in [5.41, 5.74) is 1.83. The van der Waals surface area contributed by atoms with Crippen LogP contribution < -0.4 is 14.8 Å². The van der Waals surface area contributed by atoms with E-state index in [1.165, 1.54) is 72.8 Å². The standard InChI is InChI=1S/C104H117N4O24P/c1-71(2)108(72(3)4)133(124-65-63-105-5)132-85-66-82(68-123-104(79-50-32-18-33-51-79,80-54-58-83(118-6)59-55-80)81-56-60-84(119-7)61-57-81)107(67-85)89(110)53-35-19-36-62-106-88(109)52-34-10-8-9-11-37-64-120-102-90(111)93(128-99(115)76-44-26-15-27-45-76)91(86(125-102)69-121-96(112)73-38-20-12-21-39-73)131-103-95(130-101(117)78-48-30-17-31-49-78)94(129-100(116)77-46-28-16-29-47-77)92(127-98(114)75-42-24-14-25-43-75)87(126-103)70-122-97(113)74-40-22-13-23-41-74/h12-18,20-33,38-51,54-61,71-72,82,85-87,90-95,102-103,111H,8-11,19,34-37,52-53,62-70H2,1-4,6-7H3,(H,106,109)/t82-,85+,86?,87?,90?,91?,92?,93?,94?,95?,102?,103?,133?/m0/s1. The summed E-state index contributed by atoms with van der Waals surface area (Å²) in [7, 11) is 1.63. The second-order valence-corrected chi connectivity index (χ2v) is 34.4. The van der Waals surface area contributed by atoms with Crippen LogP contribution in [-0.4, -0.2) is 215 Å². The van der Waals surface area contributed by atoms with Crippen molar-refractivity contribution in [3.63, 3.8) is 0 Å². The average molecular weight is 1840 g/mol. The lowest BCUT2D eigenvalue weighted by Gasteiger charge is -2.48. The molecule has 2 amide bonds. The van der Waals surface area contributed by atoms with E-state index < -0.39 is 137 Å². The lowest BCUT2D eigenvalue weighted by molar-refractivity contribution is -0.357. The zero-order valence-corrected chi connectivity index (χ0v) is 76.6. The lowest BCUT2D eigenvalue weighted by atomic mass is 9.80. The van der Waals surface area contributed by atoms with Crippen LogP contribution in [-0.2, 0) is 76.3 Å². The van der Waals surface area contributed by atoms with Crippen LogP contribution in [0.5, 0.6) is 11.5 Å². The molecule has 29 heteroatoms. The minimum atomic E-state index is -2.04. The van der Waals surface area contributed by atoms with Crippen LogP contribution in [0.4, 0.5) is 0 Å². The molecule has 3 aliphatic heterocycles. The van der Waals surface area contributed by atoms with Crippen LogP contribution in [0, 0.1) is 6.57 Å². The fourth-order valence-corrected chi connectivity index (χ4v) is 18.0. The van der Waals surface area contributed by atoms with E-state index in [2.05, 4.69) is 42.5 Å². The number of rotatable bonds is 48. The van der Waals surface area contributed by atoms with Gasteiger partial charge in [-0.25, -0.2) is 40.0 Å². The molecule has 0 spiro atoms. The Labute approximate surface area is 777 Å². The summed E-state index contributed by atoms with van der Waals surface area (Å²) in [5.74, 6) is -4.32. The Hall–Kier alpha value is -12.1. The third kappa shape index (κ3) is 28.0. The van der Waals surface area contributed by atoms with E-state index in [9.17, 15) is 43.5 Å². The van der Waals surface area contributed by atoms with E-state index in [1.54, 1.807) is 123 Å². The van der Waals surface area contributed by atoms with E-state index in [0.717, 1.165) is 36.0 Å². The average Bonchev–Trinajstić information content (AvgIpc) is 1.65. The van der Waals surface area contributed by atoms with Crippen LogP contribution in [0.2, 0.25) is 0 Å². The van der Waals surface area contributed by atoms with Crippen molar-refractivity contribution in [1.82, 2.24) is 14.9 Å². The predicted octanol–water partition coefficient (Wildman–Crippen LogP) is 16.5. The third-order valence-corrected chi connectivity index (χ3v) is 25.2. The van der Waals surface area contributed by atoms with Gasteiger partial charge in [0.15, 0.2) is 37.0 Å². The quantitative estimate of drug-likeness (QED) is 0.00893. The van der Waals surface area contributed by atoms with E-state index in [0.29, 0.717) is 76.0 Å². The van der Waals surface area contributed by atoms with Crippen molar-refractivity contribution >= 4 is 56.2 Å². The molecular weight excluding hydrogens is 1720 g/mol. The highest BCUT2D eigenvalue weighted by molar-refractivity contribution is 7.44. The van der Waals surface area contributed by atoms with E-state index in [1.807, 2.05) is 83.8 Å². The van der Waals surface area contributed by atoms with Crippen molar-refractivity contribution in [3.8, 4) is 11.5 Å². The number of aliphatic hydroxyl groups is 1. The molecule has 0 aliphatic carbocycles. The molecule has 12 rings (SSSR count). The van der Waals surface area contributed by atoms with Gasteiger partial charge in [0.05, 0.1) is 66.4 Å². The van der Waals surface area contributed by atoms with Gasteiger partial charge in [-0.15, -0.1) is 0 Å². The predicted molar refractivity (Wildman–Crippen MR) is 494 cm³/mol. The molecule has 11 unspecified atom stereocenters. The molecule has 0 radical (unpaired) electrons. The van der Waals surface area contributed by atoms with E-state index in [4.69, 9.17) is 77.2 Å². The highest BCUT2D eigenvalue weighted by Crippen LogP contribution is 2.50. The van der Waals surface area contributed by atoms with Crippen LogP contribution >= 0.6 is 8.53 Å². The van der Waals surface area contributed by atoms with Crippen molar-refractivity contribution in [1.29, 1.82) is 0 Å². The topological polar surface area (TPSA) is 318 Å². The summed E-state index contributed by atoms with van der Waals surface area (Å²) in [5, 5.41) is 15.8. The van der Waals surface area contributed by atoms with Gasteiger partial charge < -0.3 is 90.8 Å². The molecule has 0 saturated carbocycles. The number of nitrogens with one attached hydrogen (secondary N) is 1. The molecule has 0 aromatic heterocycles. The number of aliphatic hydroxyl groups excluding tert-OH is 1. The number of nitrogens with zero attached hydrogens (tertiary/aromatic N) is 3. The number of ether oxygens (including phenoxy) is 13. The number of likely N-dealkylation sites (tertiary alicyclic amines) is 1. The van der Waals surface area contributed by atoms with Gasteiger partial charge in [0.25, 0.3) is 8.53 Å². The zero-order valence-electron chi connectivity index (χ0n) is 75.7. The first-order chi connectivity index (χ1) is 64.7. The molecule has 3 heterocycles. The Bertz CT molecular complexity index is 5110. The molecule has 3 saturated heterocycles. The summed E-state index contributed by atoms with van der Waals surface area (Å²) < 4.78 is 98.1. The Morgan fingerprint density at radius 2 is 0.872 bits per heavy atom. The van der Waals surface area contributed by atoms with Crippen molar-refractivity contribution in [2.75, 3.05) is 66.9 Å². The van der Waals surface area contributed by atoms with Crippen LogP contribution in [0.25, 0.3) is 4.85 Å². The molecule has 9 aromatic carbocycles. The molecule has 28 nitrogen and oxygen atoms in total. The van der Waals surface area contributed by atoms with Gasteiger partial charge in [-0.2, -0.15) is 0 Å². The summed E-state index contributed by atoms with van der Waals surface area (Å²) in [6, 6.07) is 72.6. The largest absolute Gasteiger partial charge is 0.497 e. The molecule has 3 fully saturated rings. The Morgan fingerprint density at radius 3 is 1.35 bits per heavy atom. The number of carbonyl (C=O) groups excluding carboxylic acids is 8. The summed E-state index contributed by atoms with van der Waals surface area (Å²) in [4.78, 5) is 120. The van der Waals surface area contributed by atoms with Crippen molar-refractivity contribution in [2.45, 2.75) is 196 Å². The van der Waals surface area contributed by atoms with Gasteiger partial charge in [0.2, 0.25) is 18.4 Å². The van der Waals surface area contributed by atoms with Gasteiger partial charge in [0.1, 0.15) is 61.3 Å². The highest BCUT2D eigenvalue weighted by atomic mass is 31.2. The van der Waals surface area contributed by atoms with Crippen LogP contribution in [0.3, 0.4) is 0 Å². The highest BCUT2D eigenvalue weighted by Gasteiger charge is 2.58. The van der Waals surface area contributed by atoms with E-state index >= 15 is 0 Å². The fourth-order valence-electron chi connectivity index (χ4n) is 16.3. The molecule has 3 aliphatic rings. The summed E-state index contributed by atoms with van der Waals surface area (Å²) >= 11 is 0. The summed E-state index contributed by atoms with van der Waals surface area (Å²) in [6.45, 7) is 15.7. The van der Waals surface area contributed by atoms with Crippen LogP contribution in [0.15, 0.2) is 261 Å². The number of carbonyl (C=O) groups is 8. The number of hydrogen-bond acceptors (Lipinski definition) is 25. The van der Waals surface area contributed by atoms with Gasteiger partial charge >= 0.3 is 35.8 Å². The Morgan fingerprint density at radius 1 is 0.466 bits per heavy atom. The third-order valence-electron chi connectivity index (χ3n) is 23.0. The maximum atomic E-state index is 14.8. The number of hydrogen-bond donors (Lipinski definition) is 2. The molecule has 702 valence electrons. The smallest absolute Gasteiger partial charge is 0.338 e. The first kappa shape index (κ1) is 99.9. The Balaban J connectivity index is 0.690. The van der Waals surface area contributed by atoms with Gasteiger partial charge in [0, 0.05) is 44.6 Å². The van der Waals surface area contributed by atoms with Gasteiger partial charge in [-0.1, -0.05) is 196 Å². The number of methoxy groups -OCH3 is 2. The normalized spacial score (nSPS) is 20.2. The number of unbranched alkanes of at least 4 members (excludes halogenated alkanes) is 7. The molecular formula is C104H117N4O24P. The molecule has 2 N–H and O–H groups in total. The first-order valence-corrected chi connectivity index (χ1v) is 46.4. The van der Waals surface area contributed by atoms with Crippen molar-refractivity contribution in [2.24, 2.45) is 0 Å².